The topological polar surface area (TPSA) is 105 Å². The van der Waals surface area contributed by atoms with Crippen molar-refractivity contribution in [3.8, 4) is 11.5 Å². The number of nitrogens with one attached hydrogen (secondary N) is 1. The summed E-state index contributed by atoms with van der Waals surface area (Å²) in [5.74, 6) is -0.0852. The number of hydrogen-bond acceptors (Lipinski definition) is 8. The number of hydrogen-bond donors (Lipinski definition) is 4. The van der Waals surface area contributed by atoms with Gasteiger partial charge in [-0.25, -0.2) is 15.0 Å². The van der Waals surface area contributed by atoms with E-state index in [1.807, 2.05) is 4.57 Å². The summed E-state index contributed by atoms with van der Waals surface area (Å²) in [4.78, 5) is 13.0. The number of aromatic nitrogens is 4. The van der Waals surface area contributed by atoms with Crippen molar-refractivity contribution in [3.63, 3.8) is 0 Å². The summed E-state index contributed by atoms with van der Waals surface area (Å²) in [7, 11) is 0. The standard InChI is InChI=1S/C16H17N5O3S/c22-10-5-3-4-9(13(10)23)18-14-12-15(20-16(25)19-14)21(8-17-12)11-6-1-2-7-24-11/h3-5,8,11,22-23H,1-2,6-7H2,(H2,18,19,20,25). The molecule has 0 aliphatic carbocycles. The molecule has 0 spiro atoms. The number of para-hydroxylation sites is 1. The van der Waals surface area contributed by atoms with Crippen LogP contribution in [0.5, 0.6) is 11.5 Å². The third-order valence-corrected chi connectivity index (χ3v) is 4.34. The molecule has 1 atom stereocenters. The second-order valence-electron chi connectivity index (χ2n) is 5.82. The van der Waals surface area contributed by atoms with Crippen LogP contribution in [-0.4, -0.2) is 36.3 Å². The smallest absolute Gasteiger partial charge is 0.188 e. The molecular weight excluding hydrogens is 342 g/mol. The lowest BCUT2D eigenvalue weighted by Gasteiger charge is -2.23. The molecule has 130 valence electrons. The highest BCUT2D eigenvalue weighted by molar-refractivity contribution is 7.80. The predicted molar refractivity (Wildman–Crippen MR) is 94.5 cm³/mol. The molecule has 25 heavy (non-hydrogen) atoms. The minimum atomic E-state index is -0.259. The average Bonchev–Trinajstić information content (AvgIpc) is 3.03. The number of imidazole rings is 1. The van der Waals surface area contributed by atoms with Crippen molar-refractivity contribution in [2.75, 3.05) is 11.9 Å². The molecule has 4 rings (SSSR count). The number of nitrogens with zero attached hydrogens (tertiary/aromatic N) is 4. The van der Waals surface area contributed by atoms with Crippen LogP contribution in [0.1, 0.15) is 25.5 Å². The number of benzene rings is 1. The van der Waals surface area contributed by atoms with Crippen molar-refractivity contribution in [3.05, 3.63) is 24.5 Å². The van der Waals surface area contributed by atoms with Crippen molar-refractivity contribution in [1.82, 2.24) is 19.5 Å². The Bertz CT molecular complexity index is 924. The van der Waals surface area contributed by atoms with Gasteiger partial charge in [0, 0.05) is 6.61 Å². The number of thiol groups is 1. The summed E-state index contributed by atoms with van der Waals surface area (Å²) >= 11 is 4.27. The van der Waals surface area contributed by atoms with Crippen LogP contribution in [0.4, 0.5) is 11.5 Å². The summed E-state index contributed by atoms with van der Waals surface area (Å²) in [6, 6.07) is 4.64. The van der Waals surface area contributed by atoms with E-state index in [9.17, 15) is 10.2 Å². The van der Waals surface area contributed by atoms with Crippen LogP contribution in [0.15, 0.2) is 29.7 Å². The van der Waals surface area contributed by atoms with Crippen LogP contribution in [0.2, 0.25) is 0 Å². The number of aromatic hydroxyl groups is 2. The van der Waals surface area contributed by atoms with Crippen molar-refractivity contribution in [2.24, 2.45) is 0 Å². The SMILES string of the molecule is Oc1cccc(Nc2nc(S)nc3c2ncn3C2CCCCO2)c1O. The van der Waals surface area contributed by atoms with Gasteiger partial charge in [-0.15, -0.1) is 12.6 Å². The van der Waals surface area contributed by atoms with Gasteiger partial charge >= 0.3 is 0 Å². The molecule has 3 heterocycles. The molecule has 1 aromatic carbocycles. The summed E-state index contributed by atoms with van der Waals surface area (Å²) < 4.78 is 7.69. The number of phenolic OH excluding ortho intramolecular Hbond substituents is 2. The Kier molecular flexibility index (Phi) is 4.10. The number of anilines is 2. The van der Waals surface area contributed by atoms with Crippen molar-refractivity contribution < 1.29 is 14.9 Å². The van der Waals surface area contributed by atoms with E-state index in [0.29, 0.717) is 29.3 Å². The van der Waals surface area contributed by atoms with E-state index in [0.717, 1.165) is 19.3 Å². The molecule has 8 nitrogen and oxygen atoms in total. The van der Waals surface area contributed by atoms with E-state index in [4.69, 9.17) is 4.74 Å². The molecular formula is C16H17N5O3S. The maximum atomic E-state index is 9.99. The summed E-state index contributed by atoms with van der Waals surface area (Å²) in [6.45, 7) is 0.714. The van der Waals surface area contributed by atoms with E-state index < -0.39 is 0 Å². The normalized spacial score (nSPS) is 17.7. The fourth-order valence-corrected chi connectivity index (χ4v) is 3.10. The Hall–Kier alpha value is -2.52. The molecule has 1 aliphatic heterocycles. The van der Waals surface area contributed by atoms with Crippen molar-refractivity contribution in [1.29, 1.82) is 0 Å². The summed E-state index contributed by atoms with van der Waals surface area (Å²) in [6.07, 6.45) is 4.61. The number of ether oxygens (including phenoxy) is 1. The first kappa shape index (κ1) is 16.0. The lowest BCUT2D eigenvalue weighted by atomic mass is 10.2. The zero-order valence-corrected chi connectivity index (χ0v) is 14.1. The first-order chi connectivity index (χ1) is 12.1. The van der Waals surface area contributed by atoms with E-state index in [1.165, 1.54) is 6.07 Å². The maximum Gasteiger partial charge on any atom is 0.188 e. The lowest BCUT2D eigenvalue weighted by molar-refractivity contribution is -0.0298. The number of phenols is 2. The Morgan fingerprint density at radius 2 is 2.12 bits per heavy atom. The van der Waals surface area contributed by atoms with Crippen LogP contribution in [-0.2, 0) is 4.74 Å². The molecule has 0 saturated carbocycles. The number of fused-ring (bicyclic) bond motifs is 1. The first-order valence-electron chi connectivity index (χ1n) is 7.96. The van der Waals surface area contributed by atoms with E-state index in [2.05, 4.69) is 32.9 Å². The summed E-state index contributed by atoms with van der Waals surface area (Å²) in [5, 5.41) is 22.9. The maximum absolute atomic E-state index is 9.99. The average molecular weight is 359 g/mol. The van der Waals surface area contributed by atoms with Crippen LogP contribution in [0.3, 0.4) is 0 Å². The fourth-order valence-electron chi connectivity index (χ4n) is 2.91. The third kappa shape index (κ3) is 2.96. The minimum Gasteiger partial charge on any atom is -0.504 e. The van der Waals surface area contributed by atoms with Crippen LogP contribution in [0, 0.1) is 0 Å². The Balaban J connectivity index is 1.77. The van der Waals surface area contributed by atoms with Gasteiger partial charge in [0.25, 0.3) is 0 Å². The third-order valence-electron chi connectivity index (χ3n) is 4.14. The predicted octanol–water partition coefficient (Wildman–Crippen LogP) is 2.97. The Morgan fingerprint density at radius 1 is 1.24 bits per heavy atom. The molecule has 9 heteroatoms. The molecule has 0 amide bonds. The van der Waals surface area contributed by atoms with E-state index in [-0.39, 0.29) is 22.9 Å². The molecule has 3 aromatic rings. The minimum absolute atomic E-state index is 0.108. The van der Waals surface area contributed by atoms with E-state index in [1.54, 1.807) is 18.5 Å². The highest BCUT2D eigenvalue weighted by Crippen LogP contribution is 2.36. The van der Waals surface area contributed by atoms with Gasteiger partial charge in [0.1, 0.15) is 6.23 Å². The molecule has 1 unspecified atom stereocenters. The van der Waals surface area contributed by atoms with Gasteiger partial charge in [0.05, 0.1) is 12.0 Å². The van der Waals surface area contributed by atoms with Gasteiger partial charge < -0.3 is 20.3 Å². The highest BCUT2D eigenvalue weighted by atomic mass is 32.1. The molecule has 1 aliphatic rings. The quantitative estimate of drug-likeness (QED) is 0.324. The van der Waals surface area contributed by atoms with Crippen molar-refractivity contribution >= 4 is 35.3 Å². The zero-order valence-electron chi connectivity index (χ0n) is 13.3. The molecule has 3 N–H and O–H groups in total. The Morgan fingerprint density at radius 3 is 2.92 bits per heavy atom. The van der Waals surface area contributed by atoms with Gasteiger partial charge in [-0.05, 0) is 31.4 Å². The fraction of sp³-hybridized carbons (Fsp3) is 0.312. The molecule has 1 saturated heterocycles. The molecule has 2 aromatic heterocycles. The van der Waals surface area contributed by atoms with Crippen molar-refractivity contribution in [2.45, 2.75) is 30.6 Å². The second-order valence-corrected chi connectivity index (χ2v) is 6.22. The second kappa shape index (κ2) is 6.41. The van der Waals surface area contributed by atoms with Crippen LogP contribution < -0.4 is 5.32 Å². The van der Waals surface area contributed by atoms with E-state index >= 15 is 0 Å². The summed E-state index contributed by atoms with van der Waals surface area (Å²) in [5.41, 5.74) is 1.46. The first-order valence-corrected chi connectivity index (χ1v) is 8.41. The van der Waals surface area contributed by atoms with Gasteiger partial charge in [-0.1, -0.05) is 6.07 Å². The van der Waals surface area contributed by atoms with Gasteiger partial charge in [0.15, 0.2) is 33.6 Å². The molecule has 0 radical (unpaired) electrons. The van der Waals surface area contributed by atoms with Crippen LogP contribution >= 0.6 is 12.6 Å². The van der Waals surface area contributed by atoms with Gasteiger partial charge in [-0.3, -0.25) is 4.57 Å². The van der Waals surface area contributed by atoms with Crippen LogP contribution in [0.25, 0.3) is 11.2 Å². The molecule has 0 bridgehead atoms. The van der Waals surface area contributed by atoms with Gasteiger partial charge in [0.2, 0.25) is 0 Å². The zero-order chi connectivity index (χ0) is 17.4. The number of rotatable bonds is 3. The molecule has 1 fully saturated rings. The monoisotopic (exact) mass is 359 g/mol. The Labute approximate surface area is 148 Å². The largest absolute Gasteiger partial charge is 0.504 e. The highest BCUT2D eigenvalue weighted by Gasteiger charge is 2.21. The lowest BCUT2D eigenvalue weighted by Crippen LogP contribution is -2.17. The van der Waals surface area contributed by atoms with Gasteiger partial charge in [-0.2, -0.15) is 0 Å².